The van der Waals surface area contributed by atoms with E-state index in [1.54, 1.807) is 6.20 Å². The van der Waals surface area contributed by atoms with Crippen molar-refractivity contribution in [2.24, 2.45) is 0 Å². The van der Waals surface area contributed by atoms with Crippen molar-refractivity contribution in [1.29, 1.82) is 0 Å². The molecule has 3 heterocycles. The summed E-state index contributed by atoms with van der Waals surface area (Å²) < 4.78 is 8.69. The summed E-state index contributed by atoms with van der Waals surface area (Å²) >= 11 is 3.38. The summed E-state index contributed by atoms with van der Waals surface area (Å²) in [5, 5.41) is 5.20. The van der Waals surface area contributed by atoms with Gasteiger partial charge >= 0.3 is 0 Å². The predicted molar refractivity (Wildman–Crippen MR) is 105 cm³/mol. The highest BCUT2D eigenvalue weighted by atomic mass is 79.9. The summed E-state index contributed by atoms with van der Waals surface area (Å²) in [5.74, 6) is 0.988. The molecule has 132 valence electrons. The molecule has 1 aromatic carbocycles. The number of benzene rings is 1. The molecule has 0 bridgehead atoms. The summed E-state index contributed by atoms with van der Waals surface area (Å²) in [6.07, 6.45) is 3.80. The highest BCUT2D eigenvalue weighted by Crippen LogP contribution is 2.30. The van der Waals surface area contributed by atoms with Crippen molar-refractivity contribution in [1.82, 2.24) is 24.6 Å². The zero-order valence-corrected chi connectivity index (χ0v) is 16.1. The summed E-state index contributed by atoms with van der Waals surface area (Å²) in [6, 6.07) is 12.0. The lowest BCUT2D eigenvalue weighted by molar-refractivity contribution is 0.387. The van der Waals surface area contributed by atoms with E-state index in [0.29, 0.717) is 17.4 Å². The maximum Gasteiger partial charge on any atom is 0.260 e. The van der Waals surface area contributed by atoms with E-state index in [9.17, 15) is 0 Å². The number of halogens is 1. The lowest BCUT2D eigenvalue weighted by Crippen LogP contribution is -2.17. The number of pyridine rings is 1. The number of aromatic nitrogens is 4. The highest BCUT2D eigenvalue weighted by Gasteiger charge is 2.17. The van der Waals surface area contributed by atoms with Crippen LogP contribution in [0, 0.1) is 0 Å². The van der Waals surface area contributed by atoms with Gasteiger partial charge in [-0.05, 0) is 48.2 Å². The molecule has 0 N–H and O–H groups in total. The summed E-state index contributed by atoms with van der Waals surface area (Å²) in [4.78, 5) is 11.1. The second-order valence-corrected chi connectivity index (χ2v) is 7.26. The Morgan fingerprint density at radius 1 is 1.15 bits per heavy atom. The third-order valence-corrected chi connectivity index (χ3v) is 4.66. The second-order valence-electron chi connectivity index (χ2n) is 6.34. The van der Waals surface area contributed by atoms with Crippen LogP contribution in [0.2, 0.25) is 0 Å². The minimum atomic E-state index is 0.484. The van der Waals surface area contributed by atoms with Crippen LogP contribution < -0.4 is 0 Å². The van der Waals surface area contributed by atoms with Gasteiger partial charge in [-0.3, -0.25) is 4.98 Å². The Morgan fingerprint density at radius 3 is 2.77 bits per heavy atom. The van der Waals surface area contributed by atoms with Gasteiger partial charge in [-0.1, -0.05) is 23.4 Å². The zero-order chi connectivity index (χ0) is 18.1. The first-order valence-corrected chi connectivity index (χ1v) is 9.10. The molecular weight excluding hydrogens is 394 g/mol. The standard InChI is InChI=1S/C19H18BrN5O/c1-24(2)9-10-25-12-15(14-5-3-4-6-17(14)25)19-22-18(23-26-19)16-8-7-13(20)11-21-16/h3-8,11-12H,9-10H2,1-2H3. The number of hydrogen-bond donors (Lipinski definition) is 0. The molecule has 6 nitrogen and oxygen atoms in total. The van der Waals surface area contributed by atoms with Crippen molar-refractivity contribution in [3.63, 3.8) is 0 Å². The van der Waals surface area contributed by atoms with Crippen LogP contribution in [-0.4, -0.2) is 45.2 Å². The lowest BCUT2D eigenvalue weighted by Gasteiger charge is -2.10. The molecule has 26 heavy (non-hydrogen) atoms. The third-order valence-electron chi connectivity index (χ3n) is 4.19. The van der Waals surface area contributed by atoms with E-state index in [1.807, 2.05) is 24.3 Å². The Balaban J connectivity index is 1.74. The average Bonchev–Trinajstić information content (AvgIpc) is 3.25. The molecular formula is C19H18BrN5O. The van der Waals surface area contributed by atoms with Crippen molar-refractivity contribution >= 4 is 26.8 Å². The van der Waals surface area contributed by atoms with E-state index in [0.717, 1.165) is 34.0 Å². The molecule has 0 fully saturated rings. The summed E-state index contributed by atoms with van der Waals surface area (Å²) in [5.41, 5.74) is 2.78. The van der Waals surface area contributed by atoms with Crippen molar-refractivity contribution < 1.29 is 4.52 Å². The highest BCUT2D eigenvalue weighted by molar-refractivity contribution is 9.10. The van der Waals surface area contributed by atoms with E-state index in [4.69, 9.17) is 4.52 Å². The summed E-state index contributed by atoms with van der Waals surface area (Å²) in [6.45, 7) is 1.85. The smallest absolute Gasteiger partial charge is 0.260 e. The fourth-order valence-electron chi connectivity index (χ4n) is 2.85. The van der Waals surface area contributed by atoms with E-state index < -0.39 is 0 Å². The van der Waals surface area contributed by atoms with E-state index in [2.05, 4.69) is 72.9 Å². The van der Waals surface area contributed by atoms with Crippen molar-refractivity contribution in [3.8, 4) is 23.0 Å². The Hall–Kier alpha value is -2.51. The maximum absolute atomic E-state index is 5.55. The molecule has 3 aromatic heterocycles. The first-order chi connectivity index (χ1) is 12.6. The second kappa shape index (κ2) is 7.01. The van der Waals surface area contributed by atoms with Crippen molar-refractivity contribution in [2.75, 3.05) is 20.6 Å². The Morgan fingerprint density at radius 2 is 2.00 bits per heavy atom. The van der Waals surface area contributed by atoms with Crippen LogP contribution in [0.25, 0.3) is 33.9 Å². The van der Waals surface area contributed by atoms with Crippen molar-refractivity contribution in [2.45, 2.75) is 6.54 Å². The van der Waals surface area contributed by atoms with Crippen LogP contribution in [0.3, 0.4) is 0 Å². The largest absolute Gasteiger partial charge is 0.345 e. The molecule has 0 saturated heterocycles. The van der Waals surface area contributed by atoms with E-state index >= 15 is 0 Å². The number of rotatable bonds is 5. The van der Waals surface area contributed by atoms with Gasteiger partial charge in [0.1, 0.15) is 5.69 Å². The normalized spacial score (nSPS) is 11.5. The Labute approximate surface area is 159 Å². The molecule has 0 amide bonds. The number of nitrogens with zero attached hydrogens (tertiary/aromatic N) is 5. The third kappa shape index (κ3) is 3.27. The predicted octanol–water partition coefficient (Wildman–Crippen LogP) is 4.08. The average molecular weight is 412 g/mol. The van der Waals surface area contributed by atoms with Crippen LogP contribution in [-0.2, 0) is 6.54 Å². The van der Waals surface area contributed by atoms with Gasteiger partial charge in [0, 0.05) is 40.9 Å². The monoisotopic (exact) mass is 411 g/mol. The molecule has 0 aliphatic carbocycles. The number of hydrogen-bond acceptors (Lipinski definition) is 5. The van der Waals surface area contributed by atoms with E-state index in [-0.39, 0.29) is 0 Å². The van der Waals surface area contributed by atoms with Crippen LogP contribution in [0.5, 0.6) is 0 Å². The van der Waals surface area contributed by atoms with Gasteiger partial charge in [0.05, 0.1) is 5.56 Å². The molecule has 4 aromatic rings. The van der Waals surface area contributed by atoms with Crippen LogP contribution in [0.15, 0.2) is 57.8 Å². The molecule has 7 heteroatoms. The molecule has 0 unspecified atom stereocenters. The van der Waals surface area contributed by atoms with Crippen LogP contribution in [0.4, 0.5) is 0 Å². The van der Waals surface area contributed by atoms with Gasteiger partial charge < -0.3 is 14.0 Å². The minimum absolute atomic E-state index is 0.484. The molecule has 0 saturated carbocycles. The van der Waals surface area contributed by atoms with Crippen LogP contribution >= 0.6 is 15.9 Å². The van der Waals surface area contributed by atoms with Crippen molar-refractivity contribution in [3.05, 3.63) is 53.3 Å². The molecule has 0 radical (unpaired) electrons. The zero-order valence-electron chi connectivity index (χ0n) is 14.6. The number of likely N-dealkylation sites (N-methyl/N-ethyl adjacent to an activating group) is 1. The minimum Gasteiger partial charge on any atom is -0.345 e. The fourth-order valence-corrected chi connectivity index (χ4v) is 3.09. The van der Waals surface area contributed by atoms with E-state index in [1.165, 1.54) is 0 Å². The first-order valence-electron chi connectivity index (χ1n) is 8.30. The molecule has 4 rings (SSSR count). The van der Waals surface area contributed by atoms with Gasteiger partial charge in [0.2, 0.25) is 5.82 Å². The van der Waals surface area contributed by atoms with Gasteiger partial charge in [-0.15, -0.1) is 0 Å². The lowest BCUT2D eigenvalue weighted by atomic mass is 10.2. The number of para-hydroxylation sites is 1. The molecule has 0 atom stereocenters. The van der Waals surface area contributed by atoms with Gasteiger partial charge in [-0.25, -0.2) is 0 Å². The Bertz CT molecular complexity index is 1040. The maximum atomic E-state index is 5.55. The Kier molecular flexibility index (Phi) is 4.57. The molecule has 0 aliphatic heterocycles. The quantitative estimate of drug-likeness (QED) is 0.495. The van der Waals surface area contributed by atoms with Gasteiger partial charge in [0.25, 0.3) is 5.89 Å². The van der Waals surface area contributed by atoms with Gasteiger partial charge in [0.15, 0.2) is 0 Å². The molecule has 0 aliphatic rings. The number of fused-ring (bicyclic) bond motifs is 1. The fraction of sp³-hybridized carbons (Fsp3) is 0.211. The summed E-state index contributed by atoms with van der Waals surface area (Å²) in [7, 11) is 4.14. The molecule has 0 spiro atoms. The topological polar surface area (TPSA) is 60.0 Å². The van der Waals surface area contributed by atoms with Gasteiger partial charge in [-0.2, -0.15) is 4.98 Å². The first kappa shape index (κ1) is 16.9. The SMILES string of the molecule is CN(C)CCn1cc(-c2nc(-c3ccc(Br)cn3)no2)c2ccccc21. The van der Waals surface area contributed by atoms with Crippen LogP contribution in [0.1, 0.15) is 0 Å².